The van der Waals surface area contributed by atoms with E-state index in [1.165, 1.54) is 18.2 Å². The Kier molecular flexibility index (Phi) is 6.50. The van der Waals surface area contributed by atoms with Crippen molar-refractivity contribution in [2.24, 2.45) is 0 Å². The molecule has 0 bridgehead atoms. The number of furan rings is 1. The van der Waals surface area contributed by atoms with Crippen LogP contribution in [0.4, 0.5) is 13.2 Å². The molecule has 1 aromatic carbocycles. The molecule has 26 heavy (non-hydrogen) atoms. The average Bonchev–Trinajstić information content (AvgIpc) is 3.07. The Morgan fingerprint density at radius 1 is 1.35 bits per heavy atom. The molecule has 4 nitrogen and oxygen atoms in total. The van der Waals surface area contributed by atoms with Gasteiger partial charge in [-0.3, -0.25) is 9.69 Å². The third kappa shape index (κ3) is 5.37. The summed E-state index contributed by atoms with van der Waals surface area (Å²) in [7, 11) is 3.70. The van der Waals surface area contributed by atoms with Crippen LogP contribution in [0.3, 0.4) is 0 Å². The summed E-state index contributed by atoms with van der Waals surface area (Å²) in [5.41, 5.74) is -0.709. The Labute approximate surface area is 154 Å². The molecule has 1 aromatic heterocycles. The molecular formula is C18H18ClF3N2O2. The summed E-state index contributed by atoms with van der Waals surface area (Å²) >= 11 is 5.57. The molecule has 0 saturated carbocycles. The van der Waals surface area contributed by atoms with E-state index in [-0.39, 0.29) is 23.2 Å². The largest absolute Gasteiger partial charge is 0.468 e. The molecule has 2 aromatic rings. The molecule has 8 heteroatoms. The zero-order valence-electron chi connectivity index (χ0n) is 14.2. The summed E-state index contributed by atoms with van der Waals surface area (Å²) in [6.07, 6.45) is -0.520. The van der Waals surface area contributed by atoms with Crippen LogP contribution in [-0.2, 0) is 11.0 Å². The maximum absolute atomic E-state index is 12.8. The van der Waals surface area contributed by atoms with E-state index >= 15 is 0 Å². The first kappa shape index (κ1) is 20.1. The van der Waals surface area contributed by atoms with E-state index in [0.717, 1.165) is 12.1 Å². The molecule has 0 spiro atoms. The van der Waals surface area contributed by atoms with Gasteiger partial charge in [0.25, 0.3) is 0 Å². The predicted molar refractivity (Wildman–Crippen MR) is 93.6 cm³/mol. The minimum atomic E-state index is -4.55. The monoisotopic (exact) mass is 386 g/mol. The van der Waals surface area contributed by atoms with E-state index in [9.17, 15) is 18.0 Å². The zero-order valence-corrected chi connectivity index (χ0v) is 14.9. The van der Waals surface area contributed by atoms with Gasteiger partial charge in [-0.15, -0.1) is 0 Å². The van der Waals surface area contributed by atoms with E-state index in [4.69, 9.17) is 16.0 Å². The fourth-order valence-electron chi connectivity index (χ4n) is 2.31. The number of halogens is 4. The number of nitrogens with one attached hydrogen (secondary N) is 1. The molecule has 1 heterocycles. The molecule has 2 rings (SSSR count). The van der Waals surface area contributed by atoms with Crippen molar-refractivity contribution in [2.45, 2.75) is 12.2 Å². The van der Waals surface area contributed by atoms with E-state index < -0.39 is 17.6 Å². The van der Waals surface area contributed by atoms with Crippen molar-refractivity contribution >= 4 is 23.6 Å². The van der Waals surface area contributed by atoms with E-state index in [1.807, 2.05) is 19.0 Å². The van der Waals surface area contributed by atoms with Gasteiger partial charge in [-0.25, -0.2) is 0 Å². The van der Waals surface area contributed by atoms with Crippen molar-refractivity contribution in [3.63, 3.8) is 0 Å². The van der Waals surface area contributed by atoms with Gasteiger partial charge in [0.1, 0.15) is 5.76 Å². The van der Waals surface area contributed by atoms with Crippen LogP contribution in [-0.4, -0.2) is 31.4 Å². The highest BCUT2D eigenvalue weighted by molar-refractivity contribution is 6.31. The molecule has 0 aliphatic heterocycles. The third-order valence-electron chi connectivity index (χ3n) is 3.69. The van der Waals surface area contributed by atoms with Crippen molar-refractivity contribution < 1.29 is 22.4 Å². The number of alkyl halides is 3. The molecule has 0 aliphatic carbocycles. The number of likely N-dealkylation sites (N-methyl/N-ethyl adjacent to an activating group) is 1. The van der Waals surface area contributed by atoms with Gasteiger partial charge >= 0.3 is 6.18 Å². The van der Waals surface area contributed by atoms with Crippen LogP contribution in [0.25, 0.3) is 6.08 Å². The van der Waals surface area contributed by atoms with Gasteiger partial charge in [0.2, 0.25) is 5.91 Å². The van der Waals surface area contributed by atoms with Gasteiger partial charge in [-0.2, -0.15) is 13.2 Å². The quantitative estimate of drug-likeness (QED) is 0.749. The number of hydrogen-bond acceptors (Lipinski definition) is 3. The predicted octanol–water partition coefficient (Wildman–Crippen LogP) is 4.38. The second kappa shape index (κ2) is 8.42. The minimum absolute atomic E-state index is 0.158. The standard InChI is InChI=1S/C18H18ClF3N2O2/c1-24(2)15(16-4-3-9-26-16)11-23-17(25)8-6-12-5-7-14(19)13(10-12)18(20,21)22/h3-10,15H,11H2,1-2H3,(H,23,25). The smallest absolute Gasteiger partial charge is 0.417 e. The molecule has 1 unspecified atom stereocenters. The van der Waals surface area contributed by atoms with Crippen molar-refractivity contribution in [1.82, 2.24) is 10.2 Å². The van der Waals surface area contributed by atoms with Gasteiger partial charge in [-0.1, -0.05) is 17.7 Å². The number of hydrogen-bond donors (Lipinski definition) is 1. The Morgan fingerprint density at radius 3 is 2.65 bits per heavy atom. The molecule has 0 fully saturated rings. The lowest BCUT2D eigenvalue weighted by molar-refractivity contribution is -0.137. The summed E-state index contributed by atoms with van der Waals surface area (Å²) < 4.78 is 43.9. The number of benzene rings is 1. The van der Waals surface area contributed by atoms with E-state index in [0.29, 0.717) is 5.76 Å². The second-order valence-electron chi connectivity index (χ2n) is 5.81. The van der Waals surface area contributed by atoms with Crippen LogP contribution in [0.15, 0.2) is 47.1 Å². The number of carbonyl (C=O) groups is 1. The summed E-state index contributed by atoms with van der Waals surface area (Å²) in [6, 6.07) is 6.87. The minimum Gasteiger partial charge on any atom is -0.468 e. The van der Waals surface area contributed by atoms with Crippen molar-refractivity contribution in [3.8, 4) is 0 Å². The Hall–Kier alpha value is -2.25. The molecule has 140 valence electrons. The first-order chi connectivity index (χ1) is 12.2. The Balaban J connectivity index is 2.01. The second-order valence-corrected chi connectivity index (χ2v) is 6.22. The fraction of sp³-hybridized carbons (Fsp3) is 0.278. The normalized spacial score (nSPS) is 13.3. The number of carbonyl (C=O) groups excluding carboxylic acids is 1. The molecule has 1 atom stereocenters. The number of amides is 1. The van der Waals surface area contributed by atoms with Gasteiger partial charge in [0.05, 0.1) is 22.9 Å². The lowest BCUT2D eigenvalue weighted by atomic mass is 10.1. The van der Waals surface area contributed by atoms with Crippen LogP contribution in [0, 0.1) is 0 Å². The van der Waals surface area contributed by atoms with E-state index in [2.05, 4.69) is 5.32 Å². The number of nitrogens with zero attached hydrogens (tertiary/aromatic N) is 1. The molecule has 0 radical (unpaired) electrons. The van der Waals surface area contributed by atoms with Crippen LogP contribution < -0.4 is 5.32 Å². The maximum atomic E-state index is 12.8. The highest BCUT2D eigenvalue weighted by atomic mass is 35.5. The molecule has 1 amide bonds. The average molecular weight is 387 g/mol. The lowest BCUT2D eigenvalue weighted by Gasteiger charge is -2.22. The first-order valence-corrected chi connectivity index (χ1v) is 8.09. The summed E-state index contributed by atoms with van der Waals surface area (Å²) in [4.78, 5) is 13.9. The third-order valence-corrected chi connectivity index (χ3v) is 4.02. The van der Waals surface area contributed by atoms with Gasteiger partial charge in [-0.05, 0) is 50.0 Å². The fourth-order valence-corrected chi connectivity index (χ4v) is 2.54. The van der Waals surface area contributed by atoms with Crippen LogP contribution >= 0.6 is 11.6 Å². The lowest BCUT2D eigenvalue weighted by Crippen LogP contribution is -2.33. The number of rotatable bonds is 6. The molecule has 0 saturated heterocycles. The molecular weight excluding hydrogens is 369 g/mol. The van der Waals surface area contributed by atoms with Crippen molar-refractivity contribution in [3.05, 3.63) is 64.6 Å². The zero-order chi connectivity index (χ0) is 19.3. The highest BCUT2D eigenvalue weighted by Gasteiger charge is 2.33. The summed E-state index contributed by atoms with van der Waals surface area (Å²) in [6.45, 7) is 0.290. The van der Waals surface area contributed by atoms with Crippen LogP contribution in [0.1, 0.15) is 22.9 Å². The van der Waals surface area contributed by atoms with Gasteiger partial charge in [0.15, 0.2) is 0 Å². The van der Waals surface area contributed by atoms with Crippen molar-refractivity contribution in [1.29, 1.82) is 0 Å². The summed E-state index contributed by atoms with van der Waals surface area (Å²) in [5.74, 6) is 0.277. The Morgan fingerprint density at radius 2 is 2.08 bits per heavy atom. The topological polar surface area (TPSA) is 45.5 Å². The highest BCUT2D eigenvalue weighted by Crippen LogP contribution is 2.35. The van der Waals surface area contributed by atoms with Gasteiger partial charge < -0.3 is 9.73 Å². The SMILES string of the molecule is CN(C)C(CNC(=O)C=Cc1ccc(Cl)c(C(F)(F)F)c1)c1ccco1. The van der Waals surface area contributed by atoms with Crippen LogP contribution in [0.2, 0.25) is 5.02 Å². The Bertz CT molecular complexity index is 771. The first-order valence-electron chi connectivity index (χ1n) is 7.71. The molecule has 0 aliphatic rings. The van der Waals surface area contributed by atoms with E-state index in [1.54, 1.807) is 18.4 Å². The maximum Gasteiger partial charge on any atom is 0.417 e. The van der Waals surface area contributed by atoms with Crippen LogP contribution in [0.5, 0.6) is 0 Å². The van der Waals surface area contributed by atoms with Gasteiger partial charge in [0, 0.05) is 12.6 Å². The summed E-state index contributed by atoms with van der Waals surface area (Å²) in [5, 5.41) is 2.32. The van der Waals surface area contributed by atoms with Crippen molar-refractivity contribution in [2.75, 3.05) is 20.6 Å². The molecule has 1 N–H and O–H groups in total.